The van der Waals surface area contributed by atoms with Gasteiger partial charge in [0.05, 0.1) is 10.7 Å². The van der Waals surface area contributed by atoms with E-state index in [1.54, 1.807) is 0 Å². The molecule has 0 aliphatic carbocycles. The van der Waals surface area contributed by atoms with Crippen molar-refractivity contribution in [3.05, 3.63) is 59.1 Å². The Balaban J connectivity index is 1.76. The Bertz CT molecular complexity index is 772. The summed E-state index contributed by atoms with van der Waals surface area (Å²) < 4.78 is 0. The molecule has 0 unspecified atom stereocenters. The van der Waals surface area contributed by atoms with Crippen molar-refractivity contribution in [1.29, 1.82) is 5.26 Å². The lowest BCUT2D eigenvalue weighted by atomic mass is 9.74. The van der Waals surface area contributed by atoms with Gasteiger partial charge in [-0.3, -0.25) is 0 Å². The Hall–Kier alpha value is -2.18. The second kappa shape index (κ2) is 5.47. The van der Waals surface area contributed by atoms with Gasteiger partial charge in [-0.1, -0.05) is 41.9 Å². The first kappa shape index (κ1) is 14.4. The maximum Gasteiger partial charge on any atom is 0.179 e. The molecule has 2 aliphatic rings. The van der Waals surface area contributed by atoms with Crippen molar-refractivity contribution in [2.45, 2.75) is 18.3 Å². The van der Waals surface area contributed by atoms with Crippen LogP contribution in [0, 0.1) is 11.5 Å². The molecule has 0 atom stereocenters. The highest BCUT2D eigenvalue weighted by Gasteiger charge is 2.45. The number of nitrogens with zero attached hydrogens (tertiary/aromatic N) is 3. The minimum Gasteiger partial charge on any atom is -0.339 e. The first-order valence-corrected chi connectivity index (χ1v) is 8.38. The molecule has 2 aromatic carbocycles. The smallest absolute Gasteiger partial charge is 0.179 e. The fourth-order valence-corrected chi connectivity index (χ4v) is 4.22. The predicted molar refractivity (Wildman–Crippen MR) is 93.0 cm³/mol. The lowest BCUT2D eigenvalue weighted by Gasteiger charge is -2.38. The molecule has 2 heterocycles. The van der Waals surface area contributed by atoms with Crippen LogP contribution in [-0.2, 0) is 5.41 Å². The summed E-state index contributed by atoms with van der Waals surface area (Å²) in [6.07, 6.45) is 4.31. The fraction of sp³-hybridized carbons (Fsp3) is 0.316. The summed E-state index contributed by atoms with van der Waals surface area (Å²) in [4.78, 5) is 4.21. The maximum atomic E-state index is 9.13. The van der Waals surface area contributed by atoms with Gasteiger partial charge in [-0.15, -0.1) is 0 Å². The molecule has 4 heteroatoms. The van der Waals surface area contributed by atoms with Crippen LogP contribution in [0.15, 0.2) is 48.5 Å². The number of piperidine rings is 1. The largest absolute Gasteiger partial charge is 0.339 e. The van der Waals surface area contributed by atoms with Gasteiger partial charge in [-0.2, -0.15) is 5.26 Å². The number of hydrogen-bond acceptors (Lipinski definition) is 3. The molecule has 0 aromatic heterocycles. The predicted octanol–water partition coefficient (Wildman–Crippen LogP) is 4.31. The topological polar surface area (TPSA) is 30.3 Å². The molecule has 3 nitrogen and oxygen atoms in total. The number of para-hydroxylation sites is 2. The summed E-state index contributed by atoms with van der Waals surface area (Å²) in [6.45, 7) is 2.61. The van der Waals surface area contributed by atoms with E-state index in [1.807, 2.05) is 23.1 Å². The fourth-order valence-electron chi connectivity index (χ4n) is 3.98. The summed E-state index contributed by atoms with van der Waals surface area (Å²) in [7, 11) is 0. The number of halogens is 1. The summed E-state index contributed by atoms with van der Waals surface area (Å²) in [6, 6.07) is 16.7. The van der Waals surface area contributed by atoms with Gasteiger partial charge in [0.1, 0.15) is 0 Å². The average molecular weight is 324 g/mol. The number of anilines is 2. The van der Waals surface area contributed by atoms with E-state index in [4.69, 9.17) is 16.9 Å². The third-order valence-corrected chi connectivity index (χ3v) is 5.55. The third kappa shape index (κ3) is 2.26. The second-order valence-corrected chi connectivity index (χ2v) is 6.83. The summed E-state index contributed by atoms with van der Waals surface area (Å²) in [5.41, 5.74) is 3.85. The van der Waals surface area contributed by atoms with Gasteiger partial charge in [-0.05, 0) is 36.6 Å². The van der Waals surface area contributed by atoms with Crippen LogP contribution < -0.4 is 4.90 Å². The quantitative estimate of drug-likeness (QED) is 0.733. The molecule has 0 saturated carbocycles. The highest BCUT2D eigenvalue weighted by Crippen LogP contribution is 2.50. The molecule has 2 aromatic rings. The van der Waals surface area contributed by atoms with Gasteiger partial charge < -0.3 is 9.80 Å². The Kier molecular flexibility index (Phi) is 3.43. The first-order chi connectivity index (χ1) is 11.2. The highest BCUT2D eigenvalue weighted by atomic mass is 35.5. The van der Waals surface area contributed by atoms with E-state index in [-0.39, 0.29) is 5.41 Å². The Morgan fingerprint density at radius 1 is 0.957 bits per heavy atom. The van der Waals surface area contributed by atoms with Gasteiger partial charge in [0.2, 0.25) is 0 Å². The van der Waals surface area contributed by atoms with E-state index in [2.05, 4.69) is 41.4 Å². The lowest BCUT2D eigenvalue weighted by molar-refractivity contribution is 0.226. The molecule has 0 bridgehead atoms. The maximum absolute atomic E-state index is 9.13. The van der Waals surface area contributed by atoms with Gasteiger partial charge in [0, 0.05) is 30.7 Å². The van der Waals surface area contributed by atoms with E-state index in [0.717, 1.165) is 43.2 Å². The summed E-state index contributed by atoms with van der Waals surface area (Å²) in [5.74, 6) is 0. The molecule has 1 spiro atoms. The van der Waals surface area contributed by atoms with Crippen molar-refractivity contribution in [2.75, 3.05) is 24.5 Å². The van der Waals surface area contributed by atoms with Crippen LogP contribution in [0.1, 0.15) is 18.4 Å². The number of likely N-dealkylation sites (tertiary alicyclic amines) is 1. The van der Waals surface area contributed by atoms with Crippen LogP contribution in [0.5, 0.6) is 0 Å². The Morgan fingerprint density at radius 3 is 2.30 bits per heavy atom. The van der Waals surface area contributed by atoms with E-state index in [9.17, 15) is 0 Å². The van der Waals surface area contributed by atoms with Crippen LogP contribution in [0.4, 0.5) is 11.4 Å². The number of benzene rings is 2. The van der Waals surface area contributed by atoms with Crippen molar-refractivity contribution in [1.82, 2.24) is 4.90 Å². The highest BCUT2D eigenvalue weighted by molar-refractivity contribution is 6.33. The minimum atomic E-state index is 0.128. The van der Waals surface area contributed by atoms with Crippen LogP contribution in [0.25, 0.3) is 0 Å². The molecule has 1 saturated heterocycles. The second-order valence-electron chi connectivity index (χ2n) is 6.42. The summed E-state index contributed by atoms with van der Waals surface area (Å²) in [5, 5.41) is 9.92. The standard InChI is InChI=1S/C19H18ClN3/c20-16-6-2-4-8-18(16)23-13-19(9-11-22(14-21)12-10-19)15-5-1-3-7-17(15)23/h1-8H,9-13H2. The lowest BCUT2D eigenvalue weighted by Crippen LogP contribution is -2.43. The van der Waals surface area contributed by atoms with Gasteiger partial charge in [0.25, 0.3) is 0 Å². The summed E-state index contributed by atoms with van der Waals surface area (Å²) >= 11 is 6.45. The van der Waals surface area contributed by atoms with Crippen LogP contribution >= 0.6 is 11.6 Å². The molecule has 2 aliphatic heterocycles. The Labute approximate surface area is 141 Å². The monoisotopic (exact) mass is 323 g/mol. The van der Waals surface area contributed by atoms with Crippen molar-refractivity contribution >= 4 is 23.0 Å². The molecule has 4 rings (SSSR count). The van der Waals surface area contributed by atoms with Crippen molar-refractivity contribution in [3.63, 3.8) is 0 Å². The molecule has 23 heavy (non-hydrogen) atoms. The zero-order chi connectivity index (χ0) is 15.9. The minimum absolute atomic E-state index is 0.128. The van der Waals surface area contributed by atoms with Crippen LogP contribution in [0.2, 0.25) is 5.02 Å². The molecule has 1 fully saturated rings. The SMILES string of the molecule is N#CN1CCC2(CC1)CN(c1ccccc1Cl)c1ccccc12. The molecular formula is C19H18ClN3. The third-order valence-electron chi connectivity index (χ3n) is 5.23. The van der Waals surface area contributed by atoms with Crippen LogP contribution in [-0.4, -0.2) is 24.5 Å². The average Bonchev–Trinajstić information content (AvgIpc) is 2.91. The van der Waals surface area contributed by atoms with E-state index in [1.165, 1.54) is 11.3 Å². The van der Waals surface area contributed by atoms with E-state index >= 15 is 0 Å². The van der Waals surface area contributed by atoms with E-state index < -0.39 is 0 Å². The van der Waals surface area contributed by atoms with Crippen molar-refractivity contribution in [2.24, 2.45) is 0 Å². The van der Waals surface area contributed by atoms with Crippen molar-refractivity contribution < 1.29 is 0 Å². The molecule has 0 amide bonds. The van der Waals surface area contributed by atoms with Crippen molar-refractivity contribution in [3.8, 4) is 6.19 Å². The molecule has 0 radical (unpaired) electrons. The number of nitriles is 1. The number of rotatable bonds is 1. The zero-order valence-corrected chi connectivity index (χ0v) is 13.6. The molecular weight excluding hydrogens is 306 g/mol. The molecule has 0 N–H and O–H groups in total. The zero-order valence-electron chi connectivity index (χ0n) is 12.9. The Morgan fingerprint density at radius 2 is 1.61 bits per heavy atom. The van der Waals surface area contributed by atoms with Crippen LogP contribution in [0.3, 0.4) is 0 Å². The van der Waals surface area contributed by atoms with E-state index in [0.29, 0.717) is 0 Å². The number of hydrogen-bond donors (Lipinski definition) is 0. The first-order valence-electron chi connectivity index (χ1n) is 8.00. The molecule has 116 valence electrons. The van der Waals surface area contributed by atoms with Gasteiger partial charge >= 0.3 is 0 Å². The number of fused-ring (bicyclic) bond motifs is 2. The van der Waals surface area contributed by atoms with Gasteiger partial charge in [0.15, 0.2) is 6.19 Å². The normalized spacial score (nSPS) is 18.8. The van der Waals surface area contributed by atoms with Gasteiger partial charge in [-0.25, -0.2) is 0 Å².